The lowest BCUT2D eigenvalue weighted by atomic mass is 10.1. The van der Waals surface area contributed by atoms with Crippen LogP contribution in [-0.2, 0) is 0 Å². The van der Waals surface area contributed by atoms with E-state index >= 15 is 0 Å². The van der Waals surface area contributed by atoms with Crippen molar-refractivity contribution in [2.45, 2.75) is 78.1 Å². The quantitative estimate of drug-likeness (QED) is 0.285. The van der Waals surface area contributed by atoms with Gasteiger partial charge in [-0.2, -0.15) is 0 Å². The molecule has 98 valence electrons. The van der Waals surface area contributed by atoms with Gasteiger partial charge in [0.2, 0.25) is 0 Å². The van der Waals surface area contributed by atoms with Crippen LogP contribution in [0.15, 0.2) is 0 Å². The fraction of sp³-hybridized carbons (Fsp3) is 1.00. The fourth-order valence-corrected chi connectivity index (χ4v) is 5.69. The van der Waals surface area contributed by atoms with Gasteiger partial charge in [-0.3, -0.25) is 0 Å². The molecule has 0 aliphatic carbocycles. The Bertz CT molecular complexity index is 101. The summed E-state index contributed by atoms with van der Waals surface area (Å²) in [6.45, 7) is 4.60. The SMILES string of the molecule is CCCCCCCCCP[PH2+]CCCCC. The zero-order valence-corrected chi connectivity index (χ0v) is 13.7. The van der Waals surface area contributed by atoms with Crippen LogP contribution < -0.4 is 0 Å². The van der Waals surface area contributed by atoms with Crippen LogP contribution in [0.5, 0.6) is 0 Å². The van der Waals surface area contributed by atoms with Crippen LogP contribution in [0.1, 0.15) is 78.1 Å². The maximum atomic E-state index is 2.30. The van der Waals surface area contributed by atoms with E-state index in [1.165, 1.54) is 72.5 Å². The van der Waals surface area contributed by atoms with E-state index in [0.29, 0.717) is 0 Å². The summed E-state index contributed by atoms with van der Waals surface area (Å²) >= 11 is 0. The van der Waals surface area contributed by atoms with Crippen molar-refractivity contribution in [3.05, 3.63) is 0 Å². The molecule has 0 amide bonds. The van der Waals surface area contributed by atoms with E-state index in [2.05, 4.69) is 13.8 Å². The Kier molecular flexibility index (Phi) is 16.7. The maximum absolute atomic E-state index is 2.30. The summed E-state index contributed by atoms with van der Waals surface area (Å²) in [5.74, 6) is 0. The van der Waals surface area contributed by atoms with Crippen molar-refractivity contribution < 1.29 is 0 Å². The minimum Gasteiger partial charge on any atom is -0.0654 e. The molecular weight excluding hydrogens is 230 g/mol. The highest BCUT2D eigenvalue weighted by Gasteiger charge is 1.96. The van der Waals surface area contributed by atoms with Crippen LogP contribution in [0.3, 0.4) is 0 Å². The molecule has 0 nitrogen and oxygen atoms in total. The molecular formula is C14H33P2+. The third-order valence-electron chi connectivity index (χ3n) is 3.02. The van der Waals surface area contributed by atoms with Gasteiger partial charge in [0, 0.05) is 16.5 Å². The van der Waals surface area contributed by atoms with E-state index in [1.54, 1.807) is 12.3 Å². The zero-order valence-electron chi connectivity index (χ0n) is 11.6. The summed E-state index contributed by atoms with van der Waals surface area (Å²) in [5, 5.41) is 0. The fourth-order valence-electron chi connectivity index (χ4n) is 1.88. The van der Waals surface area contributed by atoms with Crippen molar-refractivity contribution >= 4 is 16.5 Å². The first kappa shape index (κ1) is 16.9. The molecule has 2 heteroatoms. The number of unbranched alkanes of at least 4 members (excludes halogenated alkanes) is 8. The van der Waals surface area contributed by atoms with Crippen molar-refractivity contribution in [1.82, 2.24) is 0 Å². The van der Waals surface area contributed by atoms with Crippen LogP contribution in [0.25, 0.3) is 0 Å². The lowest BCUT2D eigenvalue weighted by Crippen LogP contribution is -1.81. The van der Waals surface area contributed by atoms with Gasteiger partial charge in [-0.25, -0.2) is 0 Å². The van der Waals surface area contributed by atoms with Crippen LogP contribution in [0, 0.1) is 0 Å². The first-order valence-corrected chi connectivity index (χ1v) is 11.3. The van der Waals surface area contributed by atoms with Gasteiger partial charge in [0.1, 0.15) is 0 Å². The van der Waals surface area contributed by atoms with Gasteiger partial charge in [-0.1, -0.05) is 65.2 Å². The highest BCUT2D eigenvalue weighted by molar-refractivity contribution is 8.11. The molecule has 2 unspecified atom stereocenters. The normalized spacial score (nSPS) is 12.4. The molecule has 0 aliphatic heterocycles. The lowest BCUT2D eigenvalue weighted by molar-refractivity contribution is 0.603. The van der Waals surface area contributed by atoms with Gasteiger partial charge in [0.05, 0.1) is 6.16 Å². The predicted molar refractivity (Wildman–Crippen MR) is 85.3 cm³/mol. The Balaban J connectivity index is 2.83. The Hall–Kier alpha value is 0.860. The third kappa shape index (κ3) is 14.9. The molecule has 0 aromatic carbocycles. The zero-order chi connectivity index (χ0) is 11.9. The summed E-state index contributed by atoms with van der Waals surface area (Å²) in [5.41, 5.74) is 0. The van der Waals surface area contributed by atoms with Gasteiger partial charge < -0.3 is 0 Å². The van der Waals surface area contributed by atoms with E-state index in [1.807, 2.05) is 0 Å². The molecule has 0 saturated carbocycles. The van der Waals surface area contributed by atoms with E-state index in [0.717, 1.165) is 8.27 Å². The smallest absolute Gasteiger partial charge is 0.0569 e. The Morgan fingerprint density at radius 3 is 1.94 bits per heavy atom. The molecule has 0 saturated heterocycles. The van der Waals surface area contributed by atoms with Crippen LogP contribution in [0.4, 0.5) is 0 Å². The second-order valence-corrected chi connectivity index (χ2v) is 9.12. The molecule has 16 heavy (non-hydrogen) atoms. The molecule has 0 fully saturated rings. The lowest BCUT2D eigenvalue weighted by Gasteiger charge is -1.99. The van der Waals surface area contributed by atoms with Crippen molar-refractivity contribution in [3.63, 3.8) is 0 Å². The number of hydrogen-bond acceptors (Lipinski definition) is 0. The summed E-state index contributed by atoms with van der Waals surface area (Å²) < 4.78 is 0. The van der Waals surface area contributed by atoms with Crippen molar-refractivity contribution in [2.75, 3.05) is 12.3 Å². The molecule has 2 atom stereocenters. The first-order chi connectivity index (χ1) is 7.91. The van der Waals surface area contributed by atoms with Crippen molar-refractivity contribution in [3.8, 4) is 0 Å². The summed E-state index contributed by atoms with van der Waals surface area (Å²) in [6, 6.07) is 0. The summed E-state index contributed by atoms with van der Waals surface area (Å²) in [4.78, 5) is 0. The Labute approximate surface area is 107 Å². The van der Waals surface area contributed by atoms with E-state index in [-0.39, 0.29) is 0 Å². The van der Waals surface area contributed by atoms with Crippen LogP contribution in [-0.4, -0.2) is 12.3 Å². The minimum absolute atomic E-state index is 0.827. The minimum atomic E-state index is 0.827. The van der Waals surface area contributed by atoms with E-state index in [9.17, 15) is 0 Å². The Morgan fingerprint density at radius 1 is 0.688 bits per heavy atom. The molecule has 0 heterocycles. The van der Waals surface area contributed by atoms with Gasteiger partial charge in [0.15, 0.2) is 0 Å². The second kappa shape index (κ2) is 15.9. The molecule has 0 spiro atoms. The van der Waals surface area contributed by atoms with E-state index < -0.39 is 0 Å². The maximum Gasteiger partial charge on any atom is 0.0569 e. The molecule has 0 N–H and O–H groups in total. The molecule has 0 bridgehead atoms. The topological polar surface area (TPSA) is 0 Å². The molecule has 0 aromatic rings. The van der Waals surface area contributed by atoms with Gasteiger partial charge in [-0.05, 0) is 19.0 Å². The predicted octanol–water partition coefficient (Wildman–Crippen LogP) is 5.93. The average molecular weight is 263 g/mol. The molecule has 0 radical (unpaired) electrons. The molecule has 0 aliphatic rings. The largest absolute Gasteiger partial charge is 0.0654 e. The van der Waals surface area contributed by atoms with Crippen molar-refractivity contribution in [2.24, 2.45) is 0 Å². The third-order valence-corrected chi connectivity index (χ3v) is 7.25. The standard InChI is InChI=1S/C14H32P2/c1-3-5-7-8-9-10-12-14-16-15-13-11-6-4-2/h15-16H,3-14H2,1-2H3/p+1. The molecule has 0 rings (SSSR count). The van der Waals surface area contributed by atoms with Gasteiger partial charge in [0.25, 0.3) is 0 Å². The summed E-state index contributed by atoms with van der Waals surface area (Å²) in [7, 11) is 2.17. The van der Waals surface area contributed by atoms with Gasteiger partial charge in [-0.15, -0.1) is 0 Å². The highest BCUT2D eigenvalue weighted by atomic mass is 32.0. The average Bonchev–Trinajstić information content (AvgIpc) is 2.31. The van der Waals surface area contributed by atoms with Crippen molar-refractivity contribution in [1.29, 1.82) is 0 Å². The number of hydrogen-bond donors (Lipinski definition) is 0. The van der Waals surface area contributed by atoms with Crippen LogP contribution >= 0.6 is 16.5 Å². The highest BCUT2D eigenvalue weighted by Crippen LogP contribution is 2.38. The van der Waals surface area contributed by atoms with Crippen LogP contribution in [0.2, 0.25) is 0 Å². The Morgan fingerprint density at radius 2 is 1.25 bits per heavy atom. The van der Waals surface area contributed by atoms with Gasteiger partial charge >= 0.3 is 0 Å². The number of rotatable bonds is 13. The summed E-state index contributed by atoms with van der Waals surface area (Å²) in [6.07, 6.45) is 17.8. The van der Waals surface area contributed by atoms with E-state index in [4.69, 9.17) is 0 Å². The molecule has 0 aromatic heterocycles. The second-order valence-electron chi connectivity index (χ2n) is 4.78. The first-order valence-electron chi connectivity index (χ1n) is 7.46. The monoisotopic (exact) mass is 263 g/mol.